The lowest BCUT2D eigenvalue weighted by atomic mass is 9.79. The second kappa shape index (κ2) is 7.10. The van der Waals surface area contributed by atoms with Crippen LogP contribution in [-0.2, 0) is 9.53 Å². The number of ether oxygens (including phenoxy) is 1. The predicted octanol–water partition coefficient (Wildman–Crippen LogP) is 1.29. The number of rotatable bonds is 7. The van der Waals surface area contributed by atoms with E-state index in [4.69, 9.17) is 10.5 Å². The first-order valence-corrected chi connectivity index (χ1v) is 7.36. The smallest absolute Gasteiger partial charge is 0.223 e. The molecule has 0 saturated heterocycles. The van der Waals surface area contributed by atoms with Crippen molar-refractivity contribution in [2.45, 2.75) is 38.5 Å². The third kappa shape index (κ3) is 4.25. The van der Waals surface area contributed by atoms with E-state index in [2.05, 4.69) is 5.32 Å². The van der Waals surface area contributed by atoms with Crippen LogP contribution >= 0.6 is 0 Å². The molecule has 0 aliphatic heterocycles. The minimum absolute atomic E-state index is 0.132. The van der Waals surface area contributed by atoms with Crippen molar-refractivity contribution < 1.29 is 9.53 Å². The maximum Gasteiger partial charge on any atom is 0.223 e. The van der Waals surface area contributed by atoms with Crippen LogP contribution in [0.25, 0.3) is 0 Å². The second-order valence-electron chi connectivity index (χ2n) is 5.70. The minimum atomic E-state index is 0.132. The Labute approximate surface area is 110 Å². The molecule has 2 rings (SSSR count). The summed E-state index contributed by atoms with van der Waals surface area (Å²) < 4.78 is 5.51. The van der Waals surface area contributed by atoms with Gasteiger partial charge in [0.25, 0.3) is 0 Å². The molecule has 18 heavy (non-hydrogen) atoms. The van der Waals surface area contributed by atoms with Gasteiger partial charge in [0.05, 0.1) is 6.61 Å². The van der Waals surface area contributed by atoms with Gasteiger partial charge in [0.1, 0.15) is 0 Å². The molecule has 2 saturated carbocycles. The summed E-state index contributed by atoms with van der Waals surface area (Å²) in [6.45, 7) is 2.78. The first-order chi connectivity index (χ1) is 8.81. The van der Waals surface area contributed by atoms with Crippen LogP contribution in [0.2, 0.25) is 0 Å². The van der Waals surface area contributed by atoms with Crippen LogP contribution in [0.1, 0.15) is 38.5 Å². The lowest BCUT2D eigenvalue weighted by molar-refractivity contribution is -0.127. The number of amides is 1. The standard InChI is InChI=1S/C14H26N2O2/c15-9-12-3-1-2-4-13(12)14(17)16-7-8-18-10-11-5-6-11/h11-13H,1-10,15H2,(H,16,17). The number of hydrogen-bond donors (Lipinski definition) is 2. The Bertz CT molecular complexity index is 267. The highest BCUT2D eigenvalue weighted by Gasteiger charge is 2.29. The van der Waals surface area contributed by atoms with Crippen LogP contribution in [-0.4, -0.2) is 32.2 Å². The Morgan fingerprint density at radius 1 is 1.22 bits per heavy atom. The third-order valence-electron chi connectivity index (χ3n) is 4.14. The van der Waals surface area contributed by atoms with Crippen LogP contribution in [0.4, 0.5) is 0 Å². The van der Waals surface area contributed by atoms with E-state index in [1.54, 1.807) is 0 Å². The van der Waals surface area contributed by atoms with Crippen LogP contribution in [0.3, 0.4) is 0 Å². The van der Waals surface area contributed by atoms with Crippen LogP contribution < -0.4 is 11.1 Å². The zero-order valence-corrected chi connectivity index (χ0v) is 11.2. The summed E-state index contributed by atoms with van der Waals surface area (Å²) in [7, 11) is 0. The summed E-state index contributed by atoms with van der Waals surface area (Å²) in [5, 5.41) is 2.99. The highest BCUT2D eigenvalue weighted by molar-refractivity contribution is 5.79. The van der Waals surface area contributed by atoms with Crippen molar-refractivity contribution in [2.75, 3.05) is 26.3 Å². The Morgan fingerprint density at radius 2 is 2.00 bits per heavy atom. The molecule has 104 valence electrons. The fraction of sp³-hybridized carbons (Fsp3) is 0.929. The molecule has 1 amide bonds. The van der Waals surface area contributed by atoms with Gasteiger partial charge in [0, 0.05) is 19.1 Å². The van der Waals surface area contributed by atoms with Crippen molar-refractivity contribution in [2.24, 2.45) is 23.5 Å². The highest BCUT2D eigenvalue weighted by Crippen LogP contribution is 2.29. The van der Waals surface area contributed by atoms with E-state index in [0.29, 0.717) is 25.6 Å². The Kier molecular flexibility index (Phi) is 5.45. The van der Waals surface area contributed by atoms with E-state index in [9.17, 15) is 4.79 Å². The zero-order valence-electron chi connectivity index (χ0n) is 11.2. The molecule has 0 bridgehead atoms. The number of nitrogens with one attached hydrogen (secondary N) is 1. The second-order valence-corrected chi connectivity index (χ2v) is 5.70. The maximum absolute atomic E-state index is 12.1. The normalized spacial score (nSPS) is 28.1. The van der Waals surface area contributed by atoms with Crippen molar-refractivity contribution in [1.29, 1.82) is 0 Å². The van der Waals surface area contributed by atoms with Crippen molar-refractivity contribution in [3.63, 3.8) is 0 Å². The Hall–Kier alpha value is -0.610. The molecule has 0 heterocycles. The summed E-state index contributed by atoms with van der Waals surface area (Å²) >= 11 is 0. The van der Waals surface area contributed by atoms with E-state index in [1.807, 2.05) is 0 Å². The monoisotopic (exact) mass is 254 g/mol. The lowest BCUT2D eigenvalue weighted by Gasteiger charge is -2.29. The molecule has 2 aliphatic rings. The van der Waals surface area contributed by atoms with Gasteiger partial charge in [-0.2, -0.15) is 0 Å². The Balaban J connectivity index is 1.59. The van der Waals surface area contributed by atoms with Gasteiger partial charge in [-0.05, 0) is 44.1 Å². The molecule has 0 aromatic rings. The molecular weight excluding hydrogens is 228 g/mol. The van der Waals surface area contributed by atoms with Gasteiger partial charge >= 0.3 is 0 Å². The van der Waals surface area contributed by atoms with Gasteiger partial charge < -0.3 is 15.8 Å². The highest BCUT2D eigenvalue weighted by atomic mass is 16.5. The summed E-state index contributed by atoms with van der Waals surface area (Å²) in [5.74, 6) is 1.49. The number of carbonyl (C=O) groups is 1. The molecular formula is C14H26N2O2. The van der Waals surface area contributed by atoms with Gasteiger partial charge in [-0.15, -0.1) is 0 Å². The molecule has 2 aliphatic carbocycles. The van der Waals surface area contributed by atoms with Crippen LogP contribution in [0.15, 0.2) is 0 Å². The molecule has 0 aromatic carbocycles. The quantitative estimate of drug-likeness (QED) is 0.673. The largest absolute Gasteiger partial charge is 0.379 e. The molecule has 2 fully saturated rings. The maximum atomic E-state index is 12.1. The fourth-order valence-corrected chi connectivity index (χ4v) is 2.75. The molecule has 4 heteroatoms. The molecule has 2 atom stereocenters. The molecule has 4 nitrogen and oxygen atoms in total. The summed E-state index contributed by atoms with van der Waals surface area (Å²) in [4.78, 5) is 12.1. The average molecular weight is 254 g/mol. The van der Waals surface area contributed by atoms with Crippen molar-refractivity contribution in [3.05, 3.63) is 0 Å². The van der Waals surface area contributed by atoms with Crippen molar-refractivity contribution in [1.82, 2.24) is 5.32 Å². The van der Waals surface area contributed by atoms with E-state index >= 15 is 0 Å². The summed E-state index contributed by atoms with van der Waals surface area (Å²) in [6, 6.07) is 0. The molecule has 0 spiro atoms. The van der Waals surface area contributed by atoms with Gasteiger partial charge in [-0.3, -0.25) is 4.79 Å². The van der Waals surface area contributed by atoms with Gasteiger partial charge in [-0.25, -0.2) is 0 Å². The van der Waals surface area contributed by atoms with Crippen LogP contribution in [0.5, 0.6) is 0 Å². The van der Waals surface area contributed by atoms with Gasteiger partial charge in [0.15, 0.2) is 0 Å². The summed E-state index contributed by atoms with van der Waals surface area (Å²) in [5.41, 5.74) is 5.74. The molecule has 0 aromatic heterocycles. The lowest BCUT2D eigenvalue weighted by Crippen LogP contribution is -2.40. The SMILES string of the molecule is NCC1CCCCC1C(=O)NCCOCC1CC1. The zero-order chi connectivity index (χ0) is 12.8. The summed E-state index contributed by atoms with van der Waals surface area (Å²) in [6.07, 6.45) is 7.10. The van der Waals surface area contributed by atoms with Crippen molar-refractivity contribution >= 4 is 5.91 Å². The minimum Gasteiger partial charge on any atom is -0.379 e. The first-order valence-electron chi connectivity index (χ1n) is 7.36. The third-order valence-corrected chi connectivity index (χ3v) is 4.14. The number of carbonyl (C=O) groups excluding carboxylic acids is 1. The van der Waals surface area contributed by atoms with E-state index in [1.165, 1.54) is 19.3 Å². The fourth-order valence-electron chi connectivity index (χ4n) is 2.75. The average Bonchev–Trinajstić information content (AvgIpc) is 3.22. The topological polar surface area (TPSA) is 64.4 Å². The predicted molar refractivity (Wildman–Crippen MR) is 71.1 cm³/mol. The van der Waals surface area contributed by atoms with E-state index in [0.717, 1.165) is 31.8 Å². The number of hydrogen-bond acceptors (Lipinski definition) is 3. The molecule has 2 unspecified atom stereocenters. The first kappa shape index (κ1) is 13.8. The van der Waals surface area contributed by atoms with E-state index < -0.39 is 0 Å². The molecule has 0 radical (unpaired) electrons. The van der Waals surface area contributed by atoms with Crippen molar-refractivity contribution in [3.8, 4) is 0 Å². The van der Waals surface area contributed by atoms with E-state index in [-0.39, 0.29) is 11.8 Å². The van der Waals surface area contributed by atoms with Gasteiger partial charge in [0.2, 0.25) is 5.91 Å². The Morgan fingerprint density at radius 3 is 2.72 bits per heavy atom. The number of nitrogens with two attached hydrogens (primary N) is 1. The van der Waals surface area contributed by atoms with Gasteiger partial charge in [-0.1, -0.05) is 12.8 Å². The van der Waals surface area contributed by atoms with Crippen LogP contribution in [0, 0.1) is 17.8 Å². The molecule has 3 N–H and O–H groups in total.